The van der Waals surface area contributed by atoms with Crippen LogP contribution in [0.3, 0.4) is 0 Å². The molecule has 0 aromatic heterocycles. The number of para-hydroxylation sites is 2. The molecule has 0 unspecified atom stereocenters. The van der Waals surface area contributed by atoms with E-state index in [9.17, 15) is 4.79 Å². The normalized spacial score (nSPS) is 16.8. The molecule has 0 bridgehead atoms. The van der Waals surface area contributed by atoms with Crippen molar-refractivity contribution in [3.05, 3.63) is 83.4 Å². The van der Waals surface area contributed by atoms with Crippen molar-refractivity contribution in [2.45, 2.75) is 19.6 Å². The Kier molecular flexibility index (Phi) is 4.67. The molecule has 2 heterocycles. The average molecular weight is 402 g/mol. The maximum atomic E-state index is 13.5. The van der Waals surface area contributed by atoms with Crippen LogP contribution >= 0.6 is 0 Å². The van der Waals surface area contributed by atoms with E-state index in [4.69, 9.17) is 14.2 Å². The van der Waals surface area contributed by atoms with Gasteiger partial charge in [-0.2, -0.15) is 0 Å². The van der Waals surface area contributed by atoms with Crippen LogP contribution in [0.4, 0.5) is 5.69 Å². The molecule has 0 saturated heterocycles. The van der Waals surface area contributed by atoms with Crippen molar-refractivity contribution in [2.24, 2.45) is 0 Å². The summed E-state index contributed by atoms with van der Waals surface area (Å²) in [5.74, 6) is 2.17. The van der Waals surface area contributed by atoms with Crippen LogP contribution in [0.2, 0.25) is 0 Å². The molecule has 0 fully saturated rings. The van der Waals surface area contributed by atoms with E-state index < -0.39 is 0 Å². The van der Waals surface area contributed by atoms with Crippen molar-refractivity contribution in [2.75, 3.05) is 18.7 Å². The summed E-state index contributed by atoms with van der Waals surface area (Å²) in [5.41, 5.74) is 3.36. The predicted molar refractivity (Wildman–Crippen MR) is 113 cm³/mol. The molecule has 2 aliphatic rings. The summed E-state index contributed by atoms with van der Waals surface area (Å²) in [7, 11) is 0. The summed E-state index contributed by atoms with van der Waals surface area (Å²) in [6, 6.07) is 21.2. The maximum Gasteiger partial charge on any atom is 0.258 e. The van der Waals surface area contributed by atoms with Gasteiger partial charge in [-0.1, -0.05) is 36.4 Å². The van der Waals surface area contributed by atoms with Gasteiger partial charge in [0.15, 0.2) is 11.5 Å². The Morgan fingerprint density at radius 1 is 1.03 bits per heavy atom. The van der Waals surface area contributed by atoms with E-state index in [0.717, 1.165) is 28.3 Å². The molecule has 30 heavy (non-hydrogen) atoms. The third kappa shape index (κ3) is 3.20. The van der Waals surface area contributed by atoms with Gasteiger partial charge in [-0.25, -0.2) is 0 Å². The Morgan fingerprint density at radius 3 is 2.73 bits per heavy atom. The zero-order valence-corrected chi connectivity index (χ0v) is 16.6. The lowest BCUT2D eigenvalue weighted by Crippen LogP contribution is -2.42. The predicted octanol–water partition coefficient (Wildman–Crippen LogP) is 4.58. The number of fused-ring (bicyclic) bond motifs is 2. The Bertz CT molecular complexity index is 1100. The lowest BCUT2D eigenvalue weighted by Gasteiger charge is -2.38. The van der Waals surface area contributed by atoms with Crippen molar-refractivity contribution >= 4 is 11.6 Å². The molecule has 2 aliphatic heterocycles. The molecule has 0 saturated carbocycles. The molecule has 0 spiro atoms. The fourth-order valence-corrected chi connectivity index (χ4v) is 3.93. The summed E-state index contributed by atoms with van der Waals surface area (Å²) in [5, 5.41) is 3.53. The zero-order chi connectivity index (χ0) is 20.5. The van der Waals surface area contributed by atoms with Gasteiger partial charge >= 0.3 is 0 Å². The van der Waals surface area contributed by atoms with Crippen LogP contribution in [0.15, 0.2) is 66.7 Å². The van der Waals surface area contributed by atoms with E-state index in [2.05, 4.69) is 5.32 Å². The molecule has 6 nitrogen and oxygen atoms in total. The van der Waals surface area contributed by atoms with Gasteiger partial charge in [-0.15, -0.1) is 0 Å². The number of carbonyl (C=O) groups is 1. The fourth-order valence-electron chi connectivity index (χ4n) is 3.93. The third-order valence-electron chi connectivity index (χ3n) is 5.33. The number of amides is 1. The molecular formula is C24H22N2O4. The summed E-state index contributed by atoms with van der Waals surface area (Å²) >= 11 is 0. The van der Waals surface area contributed by atoms with Gasteiger partial charge in [-0.05, 0) is 42.8 Å². The van der Waals surface area contributed by atoms with Crippen LogP contribution in [0, 0.1) is 0 Å². The molecule has 1 N–H and O–H groups in total. The van der Waals surface area contributed by atoms with Crippen molar-refractivity contribution in [3.8, 4) is 17.2 Å². The summed E-state index contributed by atoms with van der Waals surface area (Å²) in [6.45, 7) is 3.15. The fraction of sp³-hybridized carbons (Fsp3) is 0.208. The molecule has 0 aliphatic carbocycles. The Morgan fingerprint density at radius 2 is 1.83 bits per heavy atom. The lowest BCUT2D eigenvalue weighted by molar-refractivity contribution is 0.0664. The smallest absolute Gasteiger partial charge is 0.258 e. The van der Waals surface area contributed by atoms with Crippen LogP contribution in [0.1, 0.15) is 34.6 Å². The number of benzene rings is 3. The highest BCUT2D eigenvalue weighted by atomic mass is 16.7. The van der Waals surface area contributed by atoms with Crippen LogP contribution in [-0.4, -0.2) is 24.2 Å². The summed E-state index contributed by atoms with van der Waals surface area (Å²) in [6.07, 6.45) is -0.361. The zero-order valence-electron chi connectivity index (χ0n) is 16.6. The van der Waals surface area contributed by atoms with E-state index in [1.54, 1.807) is 0 Å². The number of hydrogen-bond acceptors (Lipinski definition) is 5. The second kappa shape index (κ2) is 7.63. The van der Waals surface area contributed by atoms with Crippen LogP contribution in [0.25, 0.3) is 0 Å². The summed E-state index contributed by atoms with van der Waals surface area (Å²) in [4.78, 5) is 15.3. The molecule has 1 amide bonds. The van der Waals surface area contributed by atoms with Gasteiger partial charge in [0.25, 0.3) is 5.91 Å². The standard InChI is InChI=1S/C24H22N2O4/c1-2-28-20-10-6-4-8-18(20)23-25-19-9-5-3-7-17(19)24(27)26(23)14-16-11-12-21-22(13-16)30-15-29-21/h3-13,23,25H,2,14-15H2,1H3/t23-/m0/s1. The van der Waals surface area contributed by atoms with Gasteiger partial charge in [0, 0.05) is 17.8 Å². The van der Waals surface area contributed by atoms with Gasteiger partial charge < -0.3 is 24.4 Å². The summed E-state index contributed by atoms with van der Waals surface area (Å²) < 4.78 is 16.8. The quantitative estimate of drug-likeness (QED) is 0.677. The average Bonchev–Trinajstić information content (AvgIpc) is 3.24. The Balaban J connectivity index is 1.56. The van der Waals surface area contributed by atoms with Gasteiger partial charge in [0.2, 0.25) is 6.79 Å². The minimum atomic E-state index is -0.361. The first-order chi connectivity index (χ1) is 14.7. The number of anilines is 1. The molecule has 152 valence electrons. The highest BCUT2D eigenvalue weighted by Gasteiger charge is 2.34. The largest absolute Gasteiger partial charge is 0.493 e. The van der Waals surface area contributed by atoms with Crippen LogP contribution in [0.5, 0.6) is 17.2 Å². The maximum absolute atomic E-state index is 13.5. The Labute approximate surface area is 175 Å². The first-order valence-electron chi connectivity index (χ1n) is 10.0. The minimum Gasteiger partial charge on any atom is -0.493 e. The topological polar surface area (TPSA) is 60.0 Å². The second-order valence-electron chi connectivity index (χ2n) is 7.18. The Hall–Kier alpha value is -3.67. The van der Waals surface area contributed by atoms with E-state index >= 15 is 0 Å². The minimum absolute atomic E-state index is 0.0293. The molecule has 3 aromatic rings. The second-order valence-corrected chi connectivity index (χ2v) is 7.18. The molecular weight excluding hydrogens is 380 g/mol. The number of ether oxygens (including phenoxy) is 3. The monoisotopic (exact) mass is 402 g/mol. The molecule has 1 atom stereocenters. The number of carbonyl (C=O) groups excluding carboxylic acids is 1. The molecule has 6 heteroatoms. The van der Waals surface area contributed by atoms with Gasteiger partial charge in [0.05, 0.1) is 12.2 Å². The first kappa shape index (κ1) is 18.4. The van der Waals surface area contributed by atoms with Crippen LogP contribution in [-0.2, 0) is 6.54 Å². The lowest BCUT2D eigenvalue weighted by atomic mass is 10.0. The first-order valence-corrected chi connectivity index (χ1v) is 10.0. The SMILES string of the molecule is CCOc1ccccc1[C@H]1Nc2ccccc2C(=O)N1Cc1ccc2c(c1)OCO2. The van der Waals surface area contributed by atoms with Crippen molar-refractivity contribution < 1.29 is 19.0 Å². The van der Waals surface area contributed by atoms with E-state index in [0.29, 0.717) is 24.5 Å². The number of nitrogens with zero attached hydrogens (tertiary/aromatic N) is 1. The molecule has 0 radical (unpaired) electrons. The van der Waals surface area contributed by atoms with Crippen LogP contribution < -0.4 is 19.5 Å². The number of nitrogens with one attached hydrogen (secondary N) is 1. The molecule has 3 aromatic carbocycles. The van der Waals surface area contributed by atoms with Gasteiger partial charge in [0.1, 0.15) is 11.9 Å². The number of rotatable bonds is 5. The number of hydrogen-bond donors (Lipinski definition) is 1. The van der Waals surface area contributed by atoms with Crippen molar-refractivity contribution in [1.29, 1.82) is 0 Å². The highest BCUT2D eigenvalue weighted by molar-refractivity contribution is 6.01. The van der Waals surface area contributed by atoms with Crippen molar-refractivity contribution in [3.63, 3.8) is 0 Å². The van der Waals surface area contributed by atoms with E-state index in [1.165, 1.54) is 0 Å². The highest BCUT2D eigenvalue weighted by Crippen LogP contribution is 2.39. The third-order valence-corrected chi connectivity index (χ3v) is 5.33. The van der Waals surface area contributed by atoms with Gasteiger partial charge in [-0.3, -0.25) is 4.79 Å². The molecule has 5 rings (SSSR count). The van der Waals surface area contributed by atoms with E-state index in [1.807, 2.05) is 78.6 Å². The van der Waals surface area contributed by atoms with Crippen molar-refractivity contribution in [1.82, 2.24) is 4.90 Å². The van der Waals surface area contributed by atoms with E-state index in [-0.39, 0.29) is 18.9 Å².